The molecule has 0 unspecified atom stereocenters. The number of nitrogens with zero attached hydrogens (tertiary/aromatic N) is 2. The Morgan fingerprint density at radius 3 is 2.62 bits per heavy atom. The smallest absolute Gasteiger partial charge is 0.246 e. The van der Waals surface area contributed by atoms with E-state index in [1.165, 1.54) is 0 Å². The minimum Gasteiger partial charge on any atom is -0.472 e. The van der Waals surface area contributed by atoms with Crippen molar-refractivity contribution >= 4 is 20.9 Å². The molecule has 26 heavy (non-hydrogen) atoms. The number of rotatable bonds is 4. The first-order valence-electron chi connectivity index (χ1n) is 7.91. The summed E-state index contributed by atoms with van der Waals surface area (Å²) in [4.78, 5) is 3.70. The van der Waals surface area contributed by atoms with Crippen molar-refractivity contribution in [3.63, 3.8) is 0 Å². The zero-order valence-corrected chi connectivity index (χ0v) is 14.3. The highest BCUT2D eigenvalue weighted by atomic mass is 32.2. The lowest BCUT2D eigenvalue weighted by molar-refractivity contribution is 0.0722. The number of sulfonamides is 1. The van der Waals surface area contributed by atoms with Gasteiger partial charge >= 0.3 is 0 Å². The molecule has 5 nitrogen and oxygen atoms in total. The van der Waals surface area contributed by atoms with Crippen molar-refractivity contribution in [3.8, 4) is 5.88 Å². The van der Waals surface area contributed by atoms with Crippen molar-refractivity contribution in [1.82, 2.24) is 9.29 Å². The minimum absolute atomic E-state index is 0.0484. The molecule has 2 heterocycles. The molecule has 0 aliphatic carbocycles. The summed E-state index contributed by atoms with van der Waals surface area (Å²) in [6.07, 6.45) is -0.393. The van der Waals surface area contributed by atoms with Crippen molar-refractivity contribution in [2.75, 3.05) is 13.1 Å². The SMILES string of the molecule is O=S(=O)(c1cc(F)ccc1F)N1CC(Oc2ccc3ccccc3n2)C1. The number of hydrogen-bond acceptors (Lipinski definition) is 4. The van der Waals surface area contributed by atoms with Gasteiger partial charge in [0.15, 0.2) is 0 Å². The van der Waals surface area contributed by atoms with Gasteiger partial charge < -0.3 is 4.74 Å². The summed E-state index contributed by atoms with van der Waals surface area (Å²) in [5.41, 5.74) is 0.774. The van der Waals surface area contributed by atoms with E-state index in [0.717, 1.165) is 27.3 Å². The third kappa shape index (κ3) is 3.02. The molecule has 0 atom stereocenters. The van der Waals surface area contributed by atoms with E-state index in [0.29, 0.717) is 11.9 Å². The summed E-state index contributed by atoms with van der Waals surface area (Å²) in [7, 11) is -4.10. The Balaban J connectivity index is 1.46. The van der Waals surface area contributed by atoms with E-state index in [2.05, 4.69) is 4.98 Å². The minimum atomic E-state index is -4.10. The molecule has 0 N–H and O–H groups in total. The van der Waals surface area contributed by atoms with Crippen molar-refractivity contribution in [3.05, 3.63) is 66.2 Å². The van der Waals surface area contributed by atoms with Gasteiger partial charge in [0.25, 0.3) is 0 Å². The Bertz CT molecular complexity index is 1080. The van der Waals surface area contributed by atoms with Gasteiger partial charge in [0.1, 0.15) is 22.6 Å². The van der Waals surface area contributed by atoms with Crippen molar-refractivity contribution in [1.29, 1.82) is 0 Å². The third-order valence-corrected chi connectivity index (χ3v) is 6.03. The monoisotopic (exact) mass is 376 g/mol. The van der Waals surface area contributed by atoms with Crippen LogP contribution in [0.4, 0.5) is 8.78 Å². The van der Waals surface area contributed by atoms with Crippen LogP contribution in [0.1, 0.15) is 0 Å². The Morgan fingerprint density at radius 1 is 1.04 bits per heavy atom. The lowest BCUT2D eigenvalue weighted by Crippen LogP contribution is -2.56. The molecule has 8 heteroatoms. The number of halogens is 2. The maximum absolute atomic E-state index is 13.8. The number of para-hydroxylation sites is 1. The van der Waals surface area contributed by atoms with Crippen LogP contribution in [0.3, 0.4) is 0 Å². The van der Waals surface area contributed by atoms with E-state index in [1.54, 1.807) is 6.07 Å². The fraction of sp³-hybridized carbons (Fsp3) is 0.167. The van der Waals surface area contributed by atoms with E-state index < -0.39 is 32.7 Å². The summed E-state index contributed by atoms with van der Waals surface area (Å²) in [5.74, 6) is -1.40. The number of pyridine rings is 1. The molecule has 1 fully saturated rings. The van der Waals surface area contributed by atoms with Gasteiger partial charge in [-0.2, -0.15) is 4.31 Å². The molecule has 1 aliphatic rings. The molecular weight excluding hydrogens is 362 g/mol. The molecule has 4 rings (SSSR count). The van der Waals surface area contributed by atoms with Crippen LogP contribution in [-0.2, 0) is 10.0 Å². The molecule has 0 amide bonds. The van der Waals surface area contributed by atoms with Gasteiger partial charge in [-0.15, -0.1) is 0 Å². The topological polar surface area (TPSA) is 59.5 Å². The number of ether oxygens (including phenoxy) is 1. The lowest BCUT2D eigenvalue weighted by atomic mass is 10.2. The summed E-state index contributed by atoms with van der Waals surface area (Å²) in [6, 6.07) is 13.5. The first-order chi connectivity index (χ1) is 12.4. The van der Waals surface area contributed by atoms with Crippen molar-refractivity contribution < 1.29 is 21.9 Å². The molecular formula is C18H14F2N2O3S. The predicted octanol–water partition coefficient (Wildman–Crippen LogP) is 2.96. The average Bonchev–Trinajstić information content (AvgIpc) is 2.59. The van der Waals surface area contributed by atoms with Crippen LogP contribution in [0.25, 0.3) is 10.9 Å². The summed E-state index contributed by atoms with van der Waals surface area (Å²) in [5, 5.41) is 0.972. The van der Waals surface area contributed by atoms with Crippen LogP contribution >= 0.6 is 0 Å². The van der Waals surface area contributed by atoms with Crippen LogP contribution in [-0.4, -0.2) is 36.9 Å². The van der Waals surface area contributed by atoms with Gasteiger partial charge in [0.05, 0.1) is 18.6 Å². The number of benzene rings is 2. The normalized spacial score (nSPS) is 15.8. The zero-order valence-electron chi connectivity index (χ0n) is 13.5. The van der Waals surface area contributed by atoms with Gasteiger partial charge in [0, 0.05) is 11.5 Å². The predicted molar refractivity (Wildman–Crippen MR) is 91.3 cm³/mol. The number of fused-ring (bicyclic) bond motifs is 1. The summed E-state index contributed by atoms with van der Waals surface area (Å²) in [6.45, 7) is 0.0968. The lowest BCUT2D eigenvalue weighted by Gasteiger charge is -2.37. The quantitative estimate of drug-likeness (QED) is 0.703. The molecule has 0 spiro atoms. The van der Waals surface area contributed by atoms with Gasteiger partial charge in [-0.1, -0.05) is 18.2 Å². The molecule has 2 aromatic carbocycles. The Morgan fingerprint density at radius 2 is 1.81 bits per heavy atom. The maximum atomic E-state index is 13.8. The highest BCUT2D eigenvalue weighted by molar-refractivity contribution is 7.89. The average molecular weight is 376 g/mol. The molecule has 0 saturated carbocycles. The molecule has 3 aromatic rings. The van der Waals surface area contributed by atoms with Crippen LogP contribution in [0, 0.1) is 11.6 Å². The second kappa shape index (κ2) is 6.30. The zero-order chi connectivity index (χ0) is 18.3. The number of aromatic nitrogens is 1. The van der Waals surface area contributed by atoms with Gasteiger partial charge in [-0.25, -0.2) is 22.2 Å². The van der Waals surface area contributed by atoms with E-state index >= 15 is 0 Å². The first kappa shape index (κ1) is 16.9. The largest absolute Gasteiger partial charge is 0.472 e. The van der Waals surface area contributed by atoms with Gasteiger partial charge in [0.2, 0.25) is 15.9 Å². The molecule has 1 saturated heterocycles. The fourth-order valence-electron chi connectivity index (χ4n) is 2.77. The van der Waals surface area contributed by atoms with Crippen LogP contribution in [0.2, 0.25) is 0 Å². The fourth-order valence-corrected chi connectivity index (χ4v) is 4.35. The van der Waals surface area contributed by atoms with Crippen molar-refractivity contribution in [2.24, 2.45) is 0 Å². The second-order valence-electron chi connectivity index (χ2n) is 5.98. The maximum Gasteiger partial charge on any atom is 0.246 e. The molecule has 0 radical (unpaired) electrons. The van der Waals surface area contributed by atoms with Gasteiger partial charge in [-0.05, 0) is 30.3 Å². The molecule has 0 bridgehead atoms. The number of hydrogen-bond donors (Lipinski definition) is 0. The van der Waals surface area contributed by atoms with Crippen LogP contribution in [0.15, 0.2) is 59.5 Å². The Hall–Kier alpha value is -2.58. The standard InChI is InChI=1S/C18H14F2N2O3S/c19-13-6-7-15(20)17(9-13)26(23,24)22-10-14(11-22)25-18-8-5-12-3-1-2-4-16(12)21-18/h1-9,14H,10-11H2. The van der Waals surface area contributed by atoms with Crippen molar-refractivity contribution in [2.45, 2.75) is 11.0 Å². The highest BCUT2D eigenvalue weighted by Crippen LogP contribution is 2.27. The molecule has 134 valence electrons. The third-order valence-electron chi connectivity index (χ3n) is 4.19. The van der Waals surface area contributed by atoms with E-state index in [1.807, 2.05) is 30.3 Å². The van der Waals surface area contributed by atoms with E-state index in [4.69, 9.17) is 4.74 Å². The van der Waals surface area contributed by atoms with E-state index in [9.17, 15) is 17.2 Å². The molecule has 1 aliphatic heterocycles. The van der Waals surface area contributed by atoms with Crippen LogP contribution in [0.5, 0.6) is 5.88 Å². The Labute approximate surface area is 148 Å². The van der Waals surface area contributed by atoms with Crippen LogP contribution < -0.4 is 4.74 Å². The molecule has 1 aromatic heterocycles. The summed E-state index contributed by atoms with van der Waals surface area (Å²) < 4.78 is 58.6. The second-order valence-corrected chi connectivity index (χ2v) is 7.89. The summed E-state index contributed by atoms with van der Waals surface area (Å²) >= 11 is 0. The Kier molecular flexibility index (Phi) is 4.08. The first-order valence-corrected chi connectivity index (χ1v) is 9.35. The highest BCUT2D eigenvalue weighted by Gasteiger charge is 2.39. The van der Waals surface area contributed by atoms with E-state index in [-0.39, 0.29) is 13.1 Å². The van der Waals surface area contributed by atoms with Gasteiger partial charge in [-0.3, -0.25) is 0 Å².